The summed E-state index contributed by atoms with van der Waals surface area (Å²) in [5, 5.41) is 2.47. The summed E-state index contributed by atoms with van der Waals surface area (Å²) in [4.78, 5) is 26.5. The van der Waals surface area contributed by atoms with Gasteiger partial charge >= 0.3 is 5.97 Å². The van der Waals surface area contributed by atoms with Crippen molar-refractivity contribution < 1.29 is 14.3 Å². The van der Waals surface area contributed by atoms with Crippen molar-refractivity contribution in [3.63, 3.8) is 0 Å². The number of nitrogens with zero attached hydrogens (tertiary/aromatic N) is 1. The van der Waals surface area contributed by atoms with E-state index in [4.69, 9.17) is 23.2 Å². The van der Waals surface area contributed by atoms with Crippen LogP contribution < -0.4 is 5.32 Å². The molecule has 0 saturated heterocycles. The van der Waals surface area contributed by atoms with Crippen molar-refractivity contribution in [3.8, 4) is 0 Å². The lowest BCUT2D eigenvalue weighted by Crippen LogP contribution is -2.12. The van der Waals surface area contributed by atoms with E-state index in [2.05, 4.69) is 21.6 Å². The first-order valence-electron chi connectivity index (χ1n) is 4.79. The molecule has 0 aromatic carbocycles. The van der Waals surface area contributed by atoms with Gasteiger partial charge in [-0.3, -0.25) is 4.79 Å². The maximum Gasteiger partial charge on any atom is 0.358 e. The zero-order chi connectivity index (χ0) is 13.9. The highest BCUT2D eigenvalue weighted by molar-refractivity contribution is 6.42. The van der Waals surface area contributed by atoms with Crippen LogP contribution in [0.4, 0.5) is 5.69 Å². The van der Waals surface area contributed by atoms with Crippen LogP contribution in [0.25, 0.3) is 6.08 Å². The lowest BCUT2D eigenvalue weighted by molar-refractivity contribution is -0.114. The number of carbonyl (C=O) groups excluding carboxylic acids is 2. The van der Waals surface area contributed by atoms with Crippen molar-refractivity contribution in [1.29, 1.82) is 0 Å². The summed E-state index contributed by atoms with van der Waals surface area (Å²) in [5.74, 6) is -1.11. The van der Waals surface area contributed by atoms with Crippen molar-refractivity contribution in [2.75, 3.05) is 12.4 Å². The first kappa shape index (κ1) is 14.5. The lowest BCUT2D eigenvalue weighted by Gasteiger charge is -2.12. The summed E-state index contributed by atoms with van der Waals surface area (Å²) < 4.78 is 4.54. The average molecular weight is 289 g/mol. The fourth-order valence-electron chi connectivity index (χ4n) is 1.21. The van der Waals surface area contributed by atoms with E-state index < -0.39 is 5.97 Å². The van der Waals surface area contributed by atoms with E-state index in [1.54, 1.807) is 0 Å². The zero-order valence-corrected chi connectivity index (χ0v) is 11.2. The summed E-state index contributed by atoms with van der Waals surface area (Å²) in [6.07, 6.45) is 1.34. The van der Waals surface area contributed by atoms with Crippen LogP contribution in [0.3, 0.4) is 0 Å². The van der Waals surface area contributed by atoms with E-state index >= 15 is 0 Å². The van der Waals surface area contributed by atoms with Crippen molar-refractivity contribution in [1.82, 2.24) is 4.98 Å². The van der Waals surface area contributed by atoms with Gasteiger partial charge in [0.15, 0.2) is 5.69 Å². The molecule has 1 aromatic rings. The van der Waals surface area contributed by atoms with Crippen molar-refractivity contribution in [2.24, 2.45) is 0 Å². The van der Waals surface area contributed by atoms with Gasteiger partial charge in [-0.2, -0.15) is 0 Å². The van der Waals surface area contributed by atoms with E-state index in [9.17, 15) is 9.59 Å². The maximum atomic E-state index is 11.5. The van der Waals surface area contributed by atoms with Crippen LogP contribution >= 0.6 is 23.2 Å². The molecular weight excluding hydrogens is 279 g/mol. The quantitative estimate of drug-likeness (QED) is 0.869. The molecule has 0 fully saturated rings. The minimum atomic E-state index is -0.730. The minimum Gasteiger partial charge on any atom is -0.464 e. The third-order valence-corrected chi connectivity index (χ3v) is 2.73. The highest BCUT2D eigenvalue weighted by Gasteiger charge is 2.21. The fraction of sp³-hybridized carbons (Fsp3) is 0.182. The molecule has 0 unspecified atom stereocenters. The Morgan fingerprint density at radius 3 is 2.44 bits per heavy atom. The third-order valence-electron chi connectivity index (χ3n) is 1.98. The molecule has 1 aromatic heterocycles. The van der Waals surface area contributed by atoms with E-state index in [1.807, 2.05) is 0 Å². The summed E-state index contributed by atoms with van der Waals surface area (Å²) in [6.45, 7) is 4.80. The molecule has 5 nitrogen and oxygen atoms in total. The number of esters is 1. The molecule has 1 amide bonds. The Bertz CT molecular complexity index is 530. The van der Waals surface area contributed by atoms with Gasteiger partial charge in [0.1, 0.15) is 0 Å². The minimum absolute atomic E-state index is 0.0762. The summed E-state index contributed by atoms with van der Waals surface area (Å²) >= 11 is 12.0. The van der Waals surface area contributed by atoms with Crippen LogP contribution in [-0.4, -0.2) is 24.0 Å². The second kappa shape index (κ2) is 5.84. The van der Waals surface area contributed by atoms with Crippen molar-refractivity contribution in [2.45, 2.75) is 6.92 Å². The van der Waals surface area contributed by atoms with Gasteiger partial charge in [0.25, 0.3) is 0 Å². The topological polar surface area (TPSA) is 68.3 Å². The van der Waals surface area contributed by atoms with Crippen LogP contribution in [0.2, 0.25) is 10.0 Å². The maximum absolute atomic E-state index is 11.5. The van der Waals surface area contributed by atoms with Crippen LogP contribution in [0.15, 0.2) is 6.58 Å². The van der Waals surface area contributed by atoms with Crippen LogP contribution in [0, 0.1) is 0 Å². The number of halogens is 2. The Balaban J connectivity index is 3.52. The van der Waals surface area contributed by atoms with Crippen LogP contribution in [-0.2, 0) is 9.53 Å². The number of methoxy groups -OCH3 is 1. The molecule has 0 radical (unpaired) electrons. The molecule has 0 bridgehead atoms. The van der Waals surface area contributed by atoms with Gasteiger partial charge in [-0.25, -0.2) is 9.78 Å². The number of hydrogen-bond acceptors (Lipinski definition) is 4. The smallest absolute Gasteiger partial charge is 0.358 e. The predicted octanol–water partition coefficient (Wildman–Crippen LogP) is 2.78. The second-order valence-electron chi connectivity index (χ2n) is 3.23. The number of ether oxygens (including phenoxy) is 1. The molecule has 0 aliphatic heterocycles. The average Bonchev–Trinajstić information content (AvgIpc) is 2.33. The number of anilines is 1. The van der Waals surface area contributed by atoms with Gasteiger partial charge < -0.3 is 10.1 Å². The Morgan fingerprint density at radius 2 is 2.00 bits per heavy atom. The standard InChI is InChI=1S/C11H10Cl2N2O3/c1-4-6-7(12)9(14-5(2)16)8(13)10(15-6)11(17)18-3/h4H,1H2,2-3H3,(H,14,15,16). The molecule has 0 atom stereocenters. The molecule has 0 spiro atoms. The number of aromatic nitrogens is 1. The SMILES string of the molecule is C=Cc1nc(C(=O)OC)c(Cl)c(NC(C)=O)c1Cl. The first-order valence-corrected chi connectivity index (χ1v) is 5.55. The molecule has 7 heteroatoms. The summed E-state index contributed by atoms with van der Waals surface area (Å²) in [6, 6.07) is 0. The summed E-state index contributed by atoms with van der Waals surface area (Å²) in [7, 11) is 1.20. The van der Waals surface area contributed by atoms with E-state index in [-0.39, 0.29) is 33.0 Å². The molecule has 1 heterocycles. The molecule has 1 rings (SSSR count). The number of carbonyl (C=O) groups is 2. The molecule has 96 valence electrons. The Labute approximate surface area is 114 Å². The first-order chi connectivity index (χ1) is 8.42. The Kier molecular flexibility index (Phi) is 4.69. The van der Waals surface area contributed by atoms with Gasteiger partial charge in [0, 0.05) is 6.92 Å². The van der Waals surface area contributed by atoms with Gasteiger partial charge in [-0.05, 0) is 6.08 Å². The summed E-state index contributed by atoms with van der Waals surface area (Å²) in [5.41, 5.74) is 0.198. The predicted molar refractivity (Wildman–Crippen MR) is 70.0 cm³/mol. The highest BCUT2D eigenvalue weighted by atomic mass is 35.5. The largest absolute Gasteiger partial charge is 0.464 e. The number of rotatable bonds is 3. The Hall–Kier alpha value is -1.59. The fourth-order valence-corrected chi connectivity index (χ4v) is 1.79. The molecule has 0 aliphatic rings. The lowest BCUT2D eigenvalue weighted by atomic mass is 10.2. The van der Waals surface area contributed by atoms with Gasteiger partial charge in [-0.1, -0.05) is 29.8 Å². The number of nitrogens with one attached hydrogen (secondary N) is 1. The van der Waals surface area contributed by atoms with E-state index in [0.717, 1.165) is 0 Å². The second-order valence-corrected chi connectivity index (χ2v) is 3.98. The monoisotopic (exact) mass is 288 g/mol. The third kappa shape index (κ3) is 2.80. The molecule has 0 saturated carbocycles. The van der Waals surface area contributed by atoms with E-state index in [1.165, 1.54) is 20.1 Å². The molecule has 1 N–H and O–H groups in total. The Morgan fingerprint density at radius 1 is 1.39 bits per heavy atom. The highest BCUT2D eigenvalue weighted by Crippen LogP contribution is 2.35. The number of hydrogen-bond donors (Lipinski definition) is 1. The number of pyridine rings is 1. The van der Waals surface area contributed by atoms with Crippen molar-refractivity contribution in [3.05, 3.63) is 28.0 Å². The zero-order valence-electron chi connectivity index (χ0n) is 9.71. The van der Waals surface area contributed by atoms with Crippen molar-refractivity contribution >= 4 is 46.8 Å². The van der Waals surface area contributed by atoms with E-state index in [0.29, 0.717) is 0 Å². The van der Waals surface area contributed by atoms with Gasteiger partial charge in [-0.15, -0.1) is 0 Å². The van der Waals surface area contributed by atoms with Gasteiger partial charge in [0.2, 0.25) is 5.91 Å². The van der Waals surface area contributed by atoms with Crippen LogP contribution in [0.5, 0.6) is 0 Å². The normalized spacial score (nSPS) is 9.78. The molecular formula is C11H10Cl2N2O3. The molecule has 18 heavy (non-hydrogen) atoms. The molecule has 0 aliphatic carbocycles. The van der Waals surface area contributed by atoms with Crippen LogP contribution in [0.1, 0.15) is 23.1 Å². The number of amides is 1. The van der Waals surface area contributed by atoms with Gasteiger partial charge in [0.05, 0.1) is 28.5 Å².